The molecule has 2 rings (SSSR count). The SMILES string of the molecule is O=C(O)C1CCN(C(=O)NCC2COCCO2)C1. The Kier molecular flexibility index (Phi) is 4.38. The van der Waals surface area contributed by atoms with Crippen molar-refractivity contribution in [2.45, 2.75) is 12.5 Å². The van der Waals surface area contributed by atoms with Crippen molar-refractivity contribution < 1.29 is 24.2 Å². The van der Waals surface area contributed by atoms with Gasteiger partial charge in [0.05, 0.1) is 31.8 Å². The Morgan fingerprint density at radius 3 is 2.83 bits per heavy atom. The lowest BCUT2D eigenvalue weighted by molar-refractivity contribution is -0.141. The number of nitrogens with zero attached hydrogens (tertiary/aromatic N) is 1. The number of carboxylic acid groups (broad SMARTS) is 1. The fourth-order valence-corrected chi connectivity index (χ4v) is 2.11. The van der Waals surface area contributed by atoms with Crippen LogP contribution in [0.1, 0.15) is 6.42 Å². The summed E-state index contributed by atoms with van der Waals surface area (Å²) in [6.45, 7) is 2.79. The molecule has 2 atom stereocenters. The highest BCUT2D eigenvalue weighted by Crippen LogP contribution is 2.16. The Hall–Kier alpha value is -1.34. The molecule has 102 valence electrons. The molecule has 0 spiro atoms. The zero-order valence-corrected chi connectivity index (χ0v) is 10.1. The number of likely N-dealkylation sites (tertiary alicyclic amines) is 1. The van der Waals surface area contributed by atoms with E-state index in [1.165, 1.54) is 4.90 Å². The van der Waals surface area contributed by atoms with E-state index in [9.17, 15) is 9.59 Å². The Bertz CT molecular complexity index is 317. The van der Waals surface area contributed by atoms with Gasteiger partial charge in [-0.15, -0.1) is 0 Å². The number of carboxylic acids is 1. The average Bonchev–Trinajstić information content (AvgIpc) is 2.87. The molecule has 0 aliphatic carbocycles. The van der Waals surface area contributed by atoms with Crippen LogP contribution in [0.3, 0.4) is 0 Å². The Morgan fingerprint density at radius 1 is 1.39 bits per heavy atom. The van der Waals surface area contributed by atoms with Crippen LogP contribution in [0, 0.1) is 5.92 Å². The Balaban J connectivity index is 1.70. The average molecular weight is 258 g/mol. The van der Waals surface area contributed by atoms with Crippen molar-refractivity contribution in [2.24, 2.45) is 5.92 Å². The van der Waals surface area contributed by atoms with Crippen LogP contribution >= 0.6 is 0 Å². The largest absolute Gasteiger partial charge is 0.481 e. The van der Waals surface area contributed by atoms with Crippen molar-refractivity contribution in [3.05, 3.63) is 0 Å². The predicted molar refractivity (Wildman–Crippen MR) is 61.3 cm³/mol. The van der Waals surface area contributed by atoms with Crippen molar-refractivity contribution in [1.82, 2.24) is 10.2 Å². The van der Waals surface area contributed by atoms with Gasteiger partial charge in [0.25, 0.3) is 0 Å². The van der Waals surface area contributed by atoms with Crippen LogP contribution in [0.4, 0.5) is 4.79 Å². The summed E-state index contributed by atoms with van der Waals surface area (Å²) in [7, 11) is 0. The first kappa shape index (κ1) is 13.1. The van der Waals surface area contributed by atoms with Gasteiger partial charge in [-0.1, -0.05) is 0 Å². The van der Waals surface area contributed by atoms with Crippen molar-refractivity contribution >= 4 is 12.0 Å². The number of aliphatic carboxylic acids is 1. The molecule has 7 nitrogen and oxygen atoms in total. The molecule has 2 fully saturated rings. The fourth-order valence-electron chi connectivity index (χ4n) is 2.11. The van der Waals surface area contributed by atoms with Crippen molar-refractivity contribution in [3.63, 3.8) is 0 Å². The monoisotopic (exact) mass is 258 g/mol. The summed E-state index contributed by atoms with van der Waals surface area (Å²) in [6, 6.07) is -0.229. The van der Waals surface area contributed by atoms with Crippen LogP contribution in [0.5, 0.6) is 0 Å². The first-order valence-corrected chi connectivity index (χ1v) is 6.11. The summed E-state index contributed by atoms with van der Waals surface area (Å²) >= 11 is 0. The molecule has 2 N–H and O–H groups in total. The summed E-state index contributed by atoms with van der Waals surface area (Å²) < 4.78 is 10.6. The van der Waals surface area contributed by atoms with Gasteiger partial charge in [-0.3, -0.25) is 4.79 Å². The minimum atomic E-state index is -0.839. The Labute approximate surface area is 105 Å². The van der Waals surface area contributed by atoms with E-state index < -0.39 is 11.9 Å². The smallest absolute Gasteiger partial charge is 0.317 e. The molecule has 7 heteroatoms. The molecule has 2 saturated heterocycles. The maximum atomic E-state index is 11.8. The third-order valence-corrected chi connectivity index (χ3v) is 3.19. The molecule has 0 aromatic carbocycles. The molecule has 18 heavy (non-hydrogen) atoms. The van der Waals surface area contributed by atoms with E-state index in [1.54, 1.807) is 0 Å². The molecule has 0 saturated carbocycles. The molecule has 2 heterocycles. The molecule has 2 aliphatic rings. The second-order valence-corrected chi connectivity index (χ2v) is 4.52. The lowest BCUT2D eigenvalue weighted by Gasteiger charge is -2.24. The summed E-state index contributed by atoms with van der Waals surface area (Å²) in [6.07, 6.45) is 0.409. The van der Waals surface area contributed by atoms with Gasteiger partial charge in [0.15, 0.2) is 0 Å². The Morgan fingerprint density at radius 2 is 2.22 bits per heavy atom. The number of nitrogens with one attached hydrogen (secondary N) is 1. The van der Waals surface area contributed by atoms with Crippen molar-refractivity contribution in [3.8, 4) is 0 Å². The summed E-state index contributed by atoms with van der Waals surface area (Å²) in [5, 5.41) is 11.6. The highest BCUT2D eigenvalue weighted by atomic mass is 16.6. The molecular formula is C11H18N2O5. The zero-order chi connectivity index (χ0) is 13.0. The molecule has 0 bridgehead atoms. The standard InChI is InChI=1S/C11H18N2O5/c14-10(15)8-1-2-13(6-8)11(16)12-5-9-7-17-3-4-18-9/h8-9H,1-7H2,(H,12,16)(H,14,15). The number of ether oxygens (including phenoxy) is 2. The van der Waals surface area contributed by atoms with Crippen LogP contribution in [0.15, 0.2) is 0 Å². The van der Waals surface area contributed by atoms with Gasteiger partial charge in [-0.05, 0) is 6.42 Å². The van der Waals surface area contributed by atoms with E-state index in [1.807, 2.05) is 0 Å². The summed E-state index contributed by atoms with van der Waals surface area (Å²) in [4.78, 5) is 24.1. The molecule has 2 aliphatic heterocycles. The highest BCUT2D eigenvalue weighted by molar-refractivity contribution is 5.77. The van der Waals surface area contributed by atoms with Gasteiger partial charge >= 0.3 is 12.0 Å². The third-order valence-electron chi connectivity index (χ3n) is 3.19. The third kappa shape index (κ3) is 3.33. The van der Waals surface area contributed by atoms with Gasteiger partial charge in [0.1, 0.15) is 0 Å². The zero-order valence-electron chi connectivity index (χ0n) is 10.1. The number of hydrogen-bond donors (Lipinski definition) is 2. The topological polar surface area (TPSA) is 88.1 Å². The number of amides is 2. The van der Waals surface area contributed by atoms with Gasteiger partial charge in [0.2, 0.25) is 0 Å². The van der Waals surface area contributed by atoms with Crippen LogP contribution in [-0.2, 0) is 14.3 Å². The molecule has 2 unspecified atom stereocenters. The van der Waals surface area contributed by atoms with Gasteiger partial charge < -0.3 is 24.8 Å². The quantitative estimate of drug-likeness (QED) is 0.713. The number of carbonyl (C=O) groups excluding carboxylic acids is 1. The maximum Gasteiger partial charge on any atom is 0.317 e. The molecule has 2 amide bonds. The normalized spacial score (nSPS) is 28.1. The second kappa shape index (κ2) is 6.01. The highest BCUT2D eigenvalue weighted by Gasteiger charge is 2.31. The lowest BCUT2D eigenvalue weighted by Crippen LogP contribution is -2.45. The van der Waals surface area contributed by atoms with Crippen LogP contribution in [0.25, 0.3) is 0 Å². The van der Waals surface area contributed by atoms with E-state index in [2.05, 4.69) is 5.32 Å². The van der Waals surface area contributed by atoms with Gasteiger partial charge in [-0.2, -0.15) is 0 Å². The first-order chi connectivity index (χ1) is 8.66. The van der Waals surface area contributed by atoms with Crippen molar-refractivity contribution in [2.75, 3.05) is 39.5 Å². The molecule has 0 radical (unpaired) electrons. The molecule has 0 aromatic heterocycles. The van der Waals surface area contributed by atoms with Crippen LogP contribution in [-0.4, -0.2) is 67.6 Å². The van der Waals surface area contributed by atoms with E-state index in [4.69, 9.17) is 14.6 Å². The van der Waals surface area contributed by atoms with Crippen LogP contribution in [0.2, 0.25) is 0 Å². The fraction of sp³-hybridized carbons (Fsp3) is 0.818. The summed E-state index contributed by atoms with van der Waals surface area (Å²) in [5.74, 6) is -1.28. The molecule has 0 aromatic rings. The number of rotatable bonds is 3. The van der Waals surface area contributed by atoms with Gasteiger partial charge in [0, 0.05) is 19.6 Å². The summed E-state index contributed by atoms with van der Waals surface area (Å²) in [5.41, 5.74) is 0. The van der Waals surface area contributed by atoms with E-state index >= 15 is 0 Å². The maximum absolute atomic E-state index is 11.8. The number of hydrogen-bond acceptors (Lipinski definition) is 4. The van der Waals surface area contributed by atoms with Gasteiger partial charge in [-0.25, -0.2) is 4.79 Å². The second-order valence-electron chi connectivity index (χ2n) is 4.52. The van der Waals surface area contributed by atoms with Crippen molar-refractivity contribution in [1.29, 1.82) is 0 Å². The minimum Gasteiger partial charge on any atom is -0.481 e. The predicted octanol–water partition coefficient (Wildman–Crippen LogP) is -0.482. The van der Waals surface area contributed by atoms with Crippen LogP contribution < -0.4 is 5.32 Å². The molecular weight excluding hydrogens is 240 g/mol. The van der Waals surface area contributed by atoms with E-state index in [-0.39, 0.29) is 18.7 Å². The lowest BCUT2D eigenvalue weighted by atomic mass is 10.1. The van der Waals surface area contributed by atoms with E-state index in [0.717, 1.165) is 0 Å². The first-order valence-electron chi connectivity index (χ1n) is 6.11. The van der Waals surface area contributed by atoms with E-state index in [0.29, 0.717) is 39.3 Å². The number of carbonyl (C=O) groups is 2. The minimum absolute atomic E-state index is 0.111. The number of urea groups is 1.